The van der Waals surface area contributed by atoms with E-state index in [0.717, 1.165) is 51.4 Å². The zero-order valence-electron chi connectivity index (χ0n) is 19.1. The van der Waals surface area contributed by atoms with E-state index >= 15 is 0 Å². The minimum atomic E-state index is -0.690. The van der Waals surface area contributed by atoms with Gasteiger partial charge in [0.25, 0.3) is 0 Å². The quantitative estimate of drug-likeness (QED) is 0.511. The van der Waals surface area contributed by atoms with E-state index < -0.39 is 5.97 Å². The number of likely N-dealkylation sites (tertiary alicyclic amines) is 1. The van der Waals surface area contributed by atoms with Crippen LogP contribution in [0.5, 0.6) is 0 Å². The molecule has 0 amide bonds. The van der Waals surface area contributed by atoms with Crippen molar-refractivity contribution in [3.05, 3.63) is 0 Å². The van der Waals surface area contributed by atoms with Crippen LogP contribution >= 0.6 is 11.6 Å². The number of carbonyl (C=O) groups is 1. The first kappa shape index (κ1) is 23.7. The topological polar surface area (TPSA) is 73.8 Å². The number of carboxylic acids is 1. The summed E-state index contributed by atoms with van der Waals surface area (Å²) >= 11 is 6.23. The number of nitrogens with one attached hydrogen (secondary N) is 2. The number of fused-ring (bicyclic) bond motifs is 1. The molecule has 2 saturated heterocycles. The molecule has 4 unspecified atom stereocenters. The number of hydrogen-bond acceptors (Lipinski definition) is 5. The number of alkyl halides is 1. The van der Waals surface area contributed by atoms with E-state index in [1.165, 1.54) is 38.5 Å². The molecule has 3 N–H and O–H groups in total. The molecule has 4 rings (SSSR count). The molecule has 4 fully saturated rings. The average Bonchev–Trinajstić information content (AvgIpc) is 2.78. The summed E-state index contributed by atoms with van der Waals surface area (Å²) in [4.78, 5) is 13.5. The minimum absolute atomic E-state index is 0.290. The zero-order valence-corrected chi connectivity index (χ0v) is 19.9. The number of piperidine rings is 1. The van der Waals surface area contributed by atoms with Gasteiger partial charge in [0.1, 0.15) is 0 Å². The zero-order chi connectivity index (χ0) is 21.8. The molecule has 0 aromatic heterocycles. The lowest BCUT2D eigenvalue weighted by molar-refractivity contribution is -0.142. The lowest BCUT2D eigenvalue weighted by atomic mass is 9.82. The fourth-order valence-electron chi connectivity index (χ4n) is 6.18. The van der Waals surface area contributed by atoms with Gasteiger partial charge in [0, 0.05) is 37.7 Å². The van der Waals surface area contributed by atoms with Gasteiger partial charge in [-0.05, 0) is 82.1 Å². The Morgan fingerprint density at radius 3 is 2.55 bits per heavy atom. The summed E-state index contributed by atoms with van der Waals surface area (Å²) in [5, 5.41) is 17.3. The third-order valence-corrected chi connectivity index (χ3v) is 8.74. The third-order valence-electron chi connectivity index (χ3n) is 8.30. The SMILES string of the molecule is CC(CN1CCC2NC(C3CCC(OCC4CCC(Cl)CC4)CC3)NCC2C1)C(=O)O. The molecule has 6 nitrogen and oxygen atoms in total. The van der Waals surface area contributed by atoms with Gasteiger partial charge in [-0.2, -0.15) is 0 Å². The molecule has 2 aliphatic carbocycles. The first-order chi connectivity index (χ1) is 15.0. The van der Waals surface area contributed by atoms with Crippen molar-refractivity contribution in [2.75, 3.05) is 32.8 Å². The standard InChI is InChI=1S/C24H42ClN3O3/c1-16(24(29)30)13-28-11-10-22-19(14-28)12-26-23(27-22)18-4-8-21(9-5-18)31-15-17-2-6-20(25)7-3-17/h16-23,26-27H,2-15H2,1H3,(H,29,30). The number of hydrogen-bond donors (Lipinski definition) is 3. The number of nitrogens with zero attached hydrogens (tertiary/aromatic N) is 1. The molecule has 7 heteroatoms. The van der Waals surface area contributed by atoms with Crippen LogP contribution in [0, 0.1) is 23.7 Å². The van der Waals surface area contributed by atoms with Crippen LogP contribution in [-0.2, 0) is 9.53 Å². The number of aliphatic carboxylic acids is 1. The predicted octanol–water partition coefficient (Wildman–Crippen LogP) is 3.29. The molecule has 0 bridgehead atoms. The van der Waals surface area contributed by atoms with Crippen molar-refractivity contribution in [3.63, 3.8) is 0 Å². The second-order valence-corrected chi connectivity index (χ2v) is 11.3. The van der Waals surface area contributed by atoms with Crippen molar-refractivity contribution in [3.8, 4) is 0 Å². The fourth-order valence-corrected chi connectivity index (χ4v) is 6.44. The lowest BCUT2D eigenvalue weighted by Crippen LogP contribution is -2.65. The van der Waals surface area contributed by atoms with Gasteiger partial charge in [0.2, 0.25) is 0 Å². The highest BCUT2D eigenvalue weighted by Gasteiger charge is 2.38. The van der Waals surface area contributed by atoms with Crippen molar-refractivity contribution < 1.29 is 14.6 Å². The summed E-state index contributed by atoms with van der Waals surface area (Å²) in [7, 11) is 0. The van der Waals surface area contributed by atoms with E-state index in [2.05, 4.69) is 15.5 Å². The summed E-state index contributed by atoms with van der Waals surface area (Å²) in [6.07, 6.45) is 11.6. The van der Waals surface area contributed by atoms with Crippen molar-refractivity contribution in [1.82, 2.24) is 15.5 Å². The molecule has 4 aliphatic rings. The van der Waals surface area contributed by atoms with Crippen molar-refractivity contribution >= 4 is 17.6 Å². The van der Waals surface area contributed by atoms with Gasteiger partial charge in [-0.3, -0.25) is 10.1 Å². The Balaban J connectivity index is 1.15. The summed E-state index contributed by atoms with van der Waals surface area (Å²) in [6, 6.07) is 0.564. The lowest BCUT2D eigenvalue weighted by Gasteiger charge is -2.47. The fraction of sp³-hybridized carbons (Fsp3) is 0.958. The molecule has 2 heterocycles. The van der Waals surface area contributed by atoms with Gasteiger partial charge in [0.05, 0.1) is 18.2 Å². The van der Waals surface area contributed by atoms with Crippen LogP contribution in [0.3, 0.4) is 0 Å². The maximum absolute atomic E-state index is 11.2. The van der Waals surface area contributed by atoms with Gasteiger partial charge in [-0.25, -0.2) is 0 Å². The Morgan fingerprint density at radius 1 is 1.10 bits per heavy atom. The molecule has 0 spiro atoms. The van der Waals surface area contributed by atoms with E-state index in [1.54, 1.807) is 0 Å². The normalized spacial score (nSPS) is 40.8. The second kappa shape index (κ2) is 11.1. The Kier molecular flexibility index (Phi) is 8.54. The van der Waals surface area contributed by atoms with E-state index in [-0.39, 0.29) is 5.92 Å². The molecule has 0 radical (unpaired) electrons. The Labute approximate surface area is 192 Å². The first-order valence-corrected chi connectivity index (χ1v) is 13.1. The minimum Gasteiger partial charge on any atom is -0.481 e. The summed E-state index contributed by atoms with van der Waals surface area (Å²) in [5.74, 6) is 1.01. The van der Waals surface area contributed by atoms with Gasteiger partial charge in [-0.15, -0.1) is 11.6 Å². The molecule has 2 saturated carbocycles. The van der Waals surface area contributed by atoms with Crippen LogP contribution in [0.15, 0.2) is 0 Å². The average molecular weight is 456 g/mol. The summed E-state index contributed by atoms with van der Waals surface area (Å²) in [6.45, 7) is 6.46. The van der Waals surface area contributed by atoms with Gasteiger partial charge in [-0.1, -0.05) is 6.92 Å². The van der Waals surface area contributed by atoms with Crippen LogP contribution in [0.2, 0.25) is 0 Å². The highest BCUT2D eigenvalue weighted by molar-refractivity contribution is 6.20. The van der Waals surface area contributed by atoms with E-state index in [0.29, 0.717) is 42.1 Å². The van der Waals surface area contributed by atoms with Crippen LogP contribution in [0.4, 0.5) is 0 Å². The highest BCUT2D eigenvalue weighted by atomic mass is 35.5. The molecule has 4 atom stereocenters. The Morgan fingerprint density at radius 2 is 1.84 bits per heavy atom. The Bertz CT molecular complexity index is 578. The monoisotopic (exact) mass is 455 g/mol. The van der Waals surface area contributed by atoms with Gasteiger partial charge < -0.3 is 20.1 Å². The van der Waals surface area contributed by atoms with Gasteiger partial charge >= 0.3 is 5.97 Å². The first-order valence-electron chi connectivity index (χ1n) is 12.7. The van der Waals surface area contributed by atoms with Crippen LogP contribution in [0.25, 0.3) is 0 Å². The molecule has 0 aromatic carbocycles. The summed E-state index contributed by atoms with van der Waals surface area (Å²) in [5.41, 5.74) is 0. The molecular formula is C24H42ClN3O3. The maximum Gasteiger partial charge on any atom is 0.307 e. The largest absolute Gasteiger partial charge is 0.481 e. The van der Waals surface area contributed by atoms with Crippen molar-refractivity contribution in [1.29, 1.82) is 0 Å². The predicted molar refractivity (Wildman–Crippen MR) is 123 cm³/mol. The van der Waals surface area contributed by atoms with Gasteiger partial charge in [0.15, 0.2) is 0 Å². The molecule has 31 heavy (non-hydrogen) atoms. The smallest absolute Gasteiger partial charge is 0.307 e. The number of ether oxygens (including phenoxy) is 1. The number of rotatable bonds is 7. The van der Waals surface area contributed by atoms with Crippen molar-refractivity contribution in [2.24, 2.45) is 23.7 Å². The van der Waals surface area contributed by atoms with Crippen LogP contribution < -0.4 is 10.6 Å². The highest BCUT2D eigenvalue weighted by Crippen LogP contribution is 2.33. The molecular weight excluding hydrogens is 414 g/mol. The second-order valence-electron chi connectivity index (χ2n) is 10.7. The Hall–Kier alpha value is -0.400. The maximum atomic E-state index is 11.2. The summed E-state index contributed by atoms with van der Waals surface area (Å²) < 4.78 is 6.31. The molecule has 2 aliphatic heterocycles. The van der Waals surface area contributed by atoms with Crippen molar-refractivity contribution in [2.45, 2.75) is 88.4 Å². The molecule has 178 valence electrons. The van der Waals surface area contributed by atoms with E-state index in [4.69, 9.17) is 16.3 Å². The third kappa shape index (κ3) is 6.57. The van der Waals surface area contributed by atoms with E-state index in [1.807, 2.05) is 6.92 Å². The molecule has 0 aromatic rings. The van der Waals surface area contributed by atoms with Crippen LogP contribution in [-0.4, -0.2) is 72.5 Å². The van der Waals surface area contributed by atoms with Crippen LogP contribution in [0.1, 0.15) is 64.7 Å². The van der Waals surface area contributed by atoms with E-state index in [9.17, 15) is 9.90 Å². The number of halogens is 1. The number of carboxylic acid groups (broad SMARTS) is 1.